The Bertz CT molecular complexity index is 676. The van der Waals surface area contributed by atoms with Gasteiger partial charge in [-0.3, -0.25) is 9.59 Å². The fourth-order valence-electron chi connectivity index (χ4n) is 2.15. The molecule has 0 saturated carbocycles. The van der Waals surface area contributed by atoms with Crippen molar-refractivity contribution >= 4 is 36.5 Å². The van der Waals surface area contributed by atoms with Crippen LogP contribution >= 0.6 is 12.6 Å². The number of thiol groups is 1. The van der Waals surface area contributed by atoms with E-state index in [-0.39, 0.29) is 25.5 Å². The van der Waals surface area contributed by atoms with Crippen LogP contribution in [0.5, 0.6) is 0 Å². The third kappa shape index (κ3) is 9.05. The highest BCUT2D eigenvalue weighted by molar-refractivity contribution is 7.80. The van der Waals surface area contributed by atoms with Crippen LogP contribution in [0, 0.1) is 5.41 Å². The number of aliphatic hydroxyl groups is 1. The van der Waals surface area contributed by atoms with E-state index >= 15 is 0 Å². The maximum absolute atomic E-state index is 12.1. The van der Waals surface area contributed by atoms with Gasteiger partial charge in [0.2, 0.25) is 11.8 Å². The molecule has 0 saturated heterocycles. The van der Waals surface area contributed by atoms with Gasteiger partial charge in [0.25, 0.3) is 0 Å². The standard InChI is InChI=1S/C20H28N2O5S/c1-20(2,14-27-17(24)9-8-15-6-4-3-5-7-15)18(25)19(26)22-11-10-16(23)21-12-13-28/h3-9,18,25,28H,10-14H2,1-2H3,(H,21,23)(H,22,26)/b9-8+/t18-/m0/s1. The average molecular weight is 409 g/mol. The van der Waals surface area contributed by atoms with Gasteiger partial charge in [0.1, 0.15) is 6.10 Å². The molecule has 1 aromatic carbocycles. The molecule has 8 heteroatoms. The number of esters is 1. The van der Waals surface area contributed by atoms with E-state index in [0.717, 1.165) is 5.56 Å². The fraction of sp³-hybridized carbons (Fsp3) is 0.450. The molecule has 1 atom stereocenters. The van der Waals surface area contributed by atoms with Gasteiger partial charge in [-0.1, -0.05) is 44.2 Å². The van der Waals surface area contributed by atoms with Gasteiger partial charge in [-0.05, 0) is 11.6 Å². The molecule has 0 aliphatic heterocycles. The highest BCUT2D eigenvalue weighted by Crippen LogP contribution is 2.21. The van der Waals surface area contributed by atoms with Gasteiger partial charge in [-0.25, -0.2) is 4.79 Å². The second-order valence-electron chi connectivity index (χ2n) is 6.86. The summed E-state index contributed by atoms with van der Waals surface area (Å²) in [5, 5.41) is 15.4. The number of rotatable bonds is 11. The Labute approximate surface area is 170 Å². The Balaban J connectivity index is 2.40. The number of ether oxygens (including phenoxy) is 1. The Morgan fingerprint density at radius 1 is 1.18 bits per heavy atom. The fourth-order valence-corrected chi connectivity index (χ4v) is 2.26. The Morgan fingerprint density at radius 2 is 1.86 bits per heavy atom. The summed E-state index contributed by atoms with van der Waals surface area (Å²) in [5.41, 5.74) is -0.134. The maximum Gasteiger partial charge on any atom is 0.330 e. The molecule has 0 aliphatic carbocycles. The van der Waals surface area contributed by atoms with Crippen LogP contribution in [0.2, 0.25) is 0 Å². The first-order valence-corrected chi connectivity index (χ1v) is 9.62. The maximum atomic E-state index is 12.1. The molecule has 0 bridgehead atoms. The number of hydrogen-bond acceptors (Lipinski definition) is 6. The van der Waals surface area contributed by atoms with Crippen molar-refractivity contribution in [3.63, 3.8) is 0 Å². The molecule has 0 unspecified atom stereocenters. The van der Waals surface area contributed by atoms with Crippen molar-refractivity contribution in [1.82, 2.24) is 10.6 Å². The van der Waals surface area contributed by atoms with Crippen molar-refractivity contribution in [2.24, 2.45) is 5.41 Å². The van der Waals surface area contributed by atoms with Crippen LogP contribution in [0.25, 0.3) is 6.08 Å². The van der Waals surface area contributed by atoms with Crippen LogP contribution in [-0.4, -0.2) is 54.4 Å². The lowest BCUT2D eigenvalue weighted by atomic mass is 9.87. The topological polar surface area (TPSA) is 105 Å². The lowest BCUT2D eigenvalue weighted by molar-refractivity contribution is -0.149. The molecular weight excluding hydrogens is 380 g/mol. The summed E-state index contributed by atoms with van der Waals surface area (Å²) in [6.07, 6.45) is 1.63. The van der Waals surface area contributed by atoms with Crippen LogP contribution in [0.4, 0.5) is 0 Å². The van der Waals surface area contributed by atoms with Crippen molar-refractivity contribution in [2.45, 2.75) is 26.4 Å². The number of carbonyl (C=O) groups is 3. The lowest BCUT2D eigenvalue weighted by Gasteiger charge is -2.28. The Hall–Kier alpha value is -2.32. The largest absolute Gasteiger partial charge is 0.462 e. The zero-order valence-corrected chi connectivity index (χ0v) is 17.1. The summed E-state index contributed by atoms with van der Waals surface area (Å²) in [4.78, 5) is 35.4. The normalized spacial score (nSPS) is 12.4. The molecule has 0 fully saturated rings. The molecule has 0 spiro atoms. The first kappa shape index (κ1) is 23.7. The van der Waals surface area contributed by atoms with Gasteiger partial charge in [0, 0.05) is 36.8 Å². The highest BCUT2D eigenvalue weighted by atomic mass is 32.1. The van der Waals surface area contributed by atoms with Crippen molar-refractivity contribution < 1.29 is 24.2 Å². The van der Waals surface area contributed by atoms with Crippen LogP contribution in [0.15, 0.2) is 36.4 Å². The molecule has 28 heavy (non-hydrogen) atoms. The first-order valence-electron chi connectivity index (χ1n) is 8.99. The van der Waals surface area contributed by atoms with E-state index < -0.39 is 23.4 Å². The van der Waals surface area contributed by atoms with Crippen molar-refractivity contribution in [2.75, 3.05) is 25.4 Å². The third-order valence-electron chi connectivity index (χ3n) is 3.87. The molecule has 0 aromatic heterocycles. The van der Waals surface area contributed by atoms with Crippen molar-refractivity contribution in [3.8, 4) is 0 Å². The van der Waals surface area contributed by atoms with Gasteiger partial charge >= 0.3 is 5.97 Å². The second-order valence-corrected chi connectivity index (χ2v) is 7.30. The Morgan fingerprint density at radius 3 is 2.50 bits per heavy atom. The second kappa shape index (κ2) is 12.2. The number of amides is 2. The van der Waals surface area contributed by atoms with Gasteiger partial charge in [-0.2, -0.15) is 12.6 Å². The van der Waals surface area contributed by atoms with E-state index in [2.05, 4.69) is 23.3 Å². The summed E-state index contributed by atoms with van der Waals surface area (Å²) < 4.78 is 5.15. The van der Waals surface area contributed by atoms with E-state index in [9.17, 15) is 19.5 Å². The summed E-state index contributed by atoms with van der Waals surface area (Å²) in [6, 6.07) is 9.28. The van der Waals surface area contributed by atoms with Gasteiger partial charge in [0.15, 0.2) is 0 Å². The molecular formula is C20H28N2O5S. The van der Waals surface area contributed by atoms with E-state index in [1.165, 1.54) is 6.08 Å². The summed E-state index contributed by atoms with van der Waals surface area (Å²) in [7, 11) is 0. The van der Waals surface area contributed by atoms with E-state index in [0.29, 0.717) is 12.3 Å². The van der Waals surface area contributed by atoms with Crippen LogP contribution in [0.3, 0.4) is 0 Å². The van der Waals surface area contributed by atoms with E-state index in [1.54, 1.807) is 19.9 Å². The minimum Gasteiger partial charge on any atom is -0.462 e. The number of hydrogen-bond donors (Lipinski definition) is 4. The van der Waals surface area contributed by atoms with Crippen LogP contribution in [-0.2, 0) is 19.1 Å². The van der Waals surface area contributed by atoms with Gasteiger partial charge < -0.3 is 20.5 Å². The number of aliphatic hydroxyl groups excluding tert-OH is 1. The first-order chi connectivity index (χ1) is 13.3. The van der Waals surface area contributed by atoms with E-state index in [4.69, 9.17) is 4.74 Å². The van der Waals surface area contributed by atoms with E-state index in [1.807, 2.05) is 30.3 Å². The summed E-state index contributed by atoms with van der Waals surface area (Å²) >= 11 is 3.99. The number of carbonyl (C=O) groups excluding carboxylic acids is 3. The average Bonchev–Trinajstić information content (AvgIpc) is 2.69. The SMILES string of the molecule is CC(C)(COC(=O)/C=C/c1ccccc1)[C@@H](O)C(=O)NCCC(=O)NCCS. The number of nitrogens with one attached hydrogen (secondary N) is 2. The molecule has 2 amide bonds. The molecule has 0 heterocycles. The van der Waals surface area contributed by atoms with Crippen LogP contribution < -0.4 is 10.6 Å². The molecule has 1 rings (SSSR count). The van der Waals surface area contributed by atoms with Gasteiger partial charge in [-0.15, -0.1) is 0 Å². The van der Waals surface area contributed by atoms with Gasteiger partial charge in [0.05, 0.1) is 6.61 Å². The molecule has 3 N–H and O–H groups in total. The molecule has 0 aliphatic rings. The van der Waals surface area contributed by atoms with Crippen molar-refractivity contribution in [3.05, 3.63) is 42.0 Å². The predicted molar refractivity (Wildman–Crippen MR) is 111 cm³/mol. The molecule has 0 radical (unpaired) electrons. The monoisotopic (exact) mass is 408 g/mol. The zero-order chi connectivity index (χ0) is 21.0. The number of benzene rings is 1. The summed E-state index contributed by atoms with van der Waals surface area (Å²) in [6.45, 7) is 3.65. The minimum atomic E-state index is -1.39. The quantitative estimate of drug-likeness (QED) is 0.250. The smallest absolute Gasteiger partial charge is 0.330 e. The minimum absolute atomic E-state index is 0.101. The molecule has 1 aromatic rings. The predicted octanol–water partition coefficient (Wildman–Crippen LogP) is 1.18. The lowest BCUT2D eigenvalue weighted by Crippen LogP contribution is -2.46. The van der Waals surface area contributed by atoms with Crippen molar-refractivity contribution in [1.29, 1.82) is 0 Å². The summed E-state index contributed by atoms with van der Waals surface area (Å²) in [5.74, 6) is -0.861. The molecule has 7 nitrogen and oxygen atoms in total. The zero-order valence-electron chi connectivity index (χ0n) is 16.2. The molecule has 154 valence electrons. The highest BCUT2D eigenvalue weighted by Gasteiger charge is 2.34. The Kier molecular flexibility index (Phi) is 10.3. The van der Waals surface area contributed by atoms with Crippen LogP contribution in [0.1, 0.15) is 25.8 Å². The third-order valence-corrected chi connectivity index (χ3v) is 4.10.